The number of anilines is 1. The van der Waals surface area contributed by atoms with E-state index in [-0.39, 0.29) is 12.1 Å². The monoisotopic (exact) mass is 336 g/mol. The Kier molecular flexibility index (Phi) is 3.81. The van der Waals surface area contributed by atoms with Crippen LogP contribution in [0.2, 0.25) is 0 Å². The largest absolute Gasteiger partial charge is 0.379 e. The van der Waals surface area contributed by atoms with Crippen LogP contribution in [0.1, 0.15) is 19.3 Å². The summed E-state index contributed by atoms with van der Waals surface area (Å²) < 4.78 is 1.79. The molecule has 0 spiro atoms. The molecular weight excluding hydrogens is 320 g/mol. The van der Waals surface area contributed by atoms with E-state index in [0.717, 1.165) is 31.2 Å². The fraction of sp³-hybridized carbons (Fsp3) is 0.571. The van der Waals surface area contributed by atoms with Crippen LogP contribution < -0.4 is 10.9 Å². The highest BCUT2D eigenvalue weighted by atomic mass is 79.9. The molecule has 106 valence electrons. The Morgan fingerprint density at radius 2 is 2.30 bits per heavy atom. The smallest absolute Gasteiger partial charge is 0.284 e. The molecule has 1 aliphatic heterocycles. The van der Waals surface area contributed by atoms with E-state index in [0.29, 0.717) is 10.5 Å². The highest BCUT2D eigenvalue weighted by Crippen LogP contribution is 2.31. The molecule has 5 nitrogen and oxygen atoms in total. The van der Waals surface area contributed by atoms with Crippen molar-refractivity contribution in [3.05, 3.63) is 21.0 Å². The van der Waals surface area contributed by atoms with Gasteiger partial charge in [-0.3, -0.25) is 9.69 Å². The zero-order valence-corrected chi connectivity index (χ0v) is 12.8. The number of terminal acetylenes is 1. The van der Waals surface area contributed by atoms with Crippen LogP contribution in [0.15, 0.2) is 15.5 Å². The number of rotatable bonds is 4. The SMILES string of the molecule is C#CCn1ncc(NC2CCN(C3CC3)C2)c(Br)c1=O. The minimum Gasteiger partial charge on any atom is -0.379 e. The third-order valence-electron chi connectivity index (χ3n) is 3.87. The van der Waals surface area contributed by atoms with Crippen molar-refractivity contribution in [2.45, 2.75) is 37.9 Å². The molecule has 1 unspecified atom stereocenters. The van der Waals surface area contributed by atoms with Crippen LogP contribution in [0, 0.1) is 12.3 Å². The molecule has 1 N–H and O–H groups in total. The van der Waals surface area contributed by atoms with Crippen molar-refractivity contribution >= 4 is 21.6 Å². The van der Waals surface area contributed by atoms with Gasteiger partial charge in [-0.25, -0.2) is 4.68 Å². The first-order valence-corrected chi connectivity index (χ1v) is 7.68. The maximum absolute atomic E-state index is 12.0. The number of hydrogen-bond donors (Lipinski definition) is 1. The van der Waals surface area contributed by atoms with E-state index in [4.69, 9.17) is 6.42 Å². The zero-order valence-electron chi connectivity index (χ0n) is 11.2. The number of halogens is 1. The van der Waals surface area contributed by atoms with Gasteiger partial charge in [-0.1, -0.05) is 5.92 Å². The third-order valence-corrected chi connectivity index (χ3v) is 4.63. The molecular formula is C14H17BrN4O. The number of nitrogens with zero attached hydrogens (tertiary/aromatic N) is 3. The van der Waals surface area contributed by atoms with E-state index < -0.39 is 0 Å². The predicted molar refractivity (Wildman–Crippen MR) is 81.7 cm³/mol. The van der Waals surface area contributed by atoms with Crippen LogP contribution in [0.25, 0.3) is 0 Å². The summed E-state index contributed by atoms with van der Waals surface area (Å²) in [6, 6.07) is 1.18. The van der Waals surface area contributed by atoms with E-state index in [1.54, 1.807) is 6.20 Å². The standard InChI is InChI=1S/C14H17BrN4O/c1-2-6-19-14(20)13(15)12(8-16-19)17-10-5-7-18(9-10)11-3-4-11/h1,8,10-11,17H,3-7,9H2. The second-order valence-corrected chi connectivity index (χ2v) is 6.19. The van der Waals surface area contributed by atoms with Crippen molar-refractivity contribution in [2.24, 2.45) is 0 Å². The molecule has 2 aliphatic rings. The lowest BCUT2D eigenvalue weighted by Gasteiger charge is -2.17. The van der Waals surface area contributed by atoms with E-state index in [9.17, 15) is 4.79 Å². The summed E-state index contributed by atoms with van der Waals surface area (Å²) in [7, 11) is 0. The van der Waals surface area contributed by atoms with Crippen LogP contribution >= 0.6 is 15.9 Å². The van der Waals surface area contributed by atoms with Crippen LogP contribution in [0.5, 0.6) is 0 Å². The molecule has 2 fully saturated rings. The lowest BCUT2D eigenvalue weighted by Crippen LogP contribution is -2.29. The van der Waals surface area contributed by atoms with Gasteiger partial charge in [-0.2, -0.15) is 5.10 Å². The molecule has 1 saturated carbocycles. The van der Waals surface area contributed by atoms with E-state index in [2.05, 4.69) is 37.2 Å². The fourth-order valence-corrected chi connectivity index (χ4v) is 3.08. The molecule has 0 aromatic carbocycles. The Bertz CT molecular complexity index is 602. The second kappa shape index (κ2) is 5.58. The van der Waals surface area contributed by atoms with Crippen LogP contribution in [0.3, 0.4) is 0 Å². The van der Waals surface area contributed by atoms with Crippen molar-refractivity contribution in [2.75, 3.05) is 18.4 Å². The molecule has 20 heavy (non-hydrogen) atoms. The topological polar surface area (TPSA) is 50.2 Å². The molecule has 2 heterocycles. The minimum absolute atomic E-state index is 0.190. The van der Waals surface area contributed by atoms with E-state index in [1.165, 1.54) is 17.5 Å². The van der Waals surface area contributed by atoms with Crippen LogP contribution in [-0.2, 0) is 6.54 Å². The first-order chi connectivity index (χ1) is 9.69. The van der Waals surface area contributed by atoms with Gasteiger partial charge in [0.1, 0.15) is 11.0 Å². The minimum atomic E-state index is -0.190. The molecule has 1 saturated heterocycles. The molecule has 6 heteroatoms. The Labute approximate surface area is 126 Å². The Morgan fingerprint density at radius 3 is 3.00 bits per heavy atom. The Hall–Kier alpha value is -1.32. The molecule has 0 radical (unpaired) electrons. The van der Waals surface area contributed by atoms with Gasteiger partial charge in [-0.15, -0.1) is 6.42 Å². The van der Waals surface area contributed by atoms with Gasteiger partial charge in [0.2, 0.25) is 0 Å². The first-order valence-electron chi connectivity index (χ1n) is 6.88. The Balaban J connectivity index is 1.70. The predicted octanol–water partition coefficient (Wildman–Crippen LogP) is 1.29. The quantitative estimate of drug-likeness (QED) is 0.842. The number of aromatic nitrogens is 2. The van der Waals surface area contributed by atoms with Gasteiger partial charge in [0.05, 0.1) is 11.9 Å². The average Bonchev–Trinajstić information content (AvgIpc) is 3.19. The third kappa shape index (κ3) is 2.74. The number of likely N-dealkylation sites (tertiary alicyclic amines) is 1. The molecule has 0 bridgehead atoms. The molecule has 0 amide bonds. The molecule has 1 aromatic rings. The van der Waals surface area contributed by atoms with Crippen LogP contribution in [0.4, 0.5) is 5.69 Å². The molecule has 3 rings (SSSR count). The summed E-state index contributed by atoms with van der Waals surface area (Å²) in [4.78, 5) is 14.6. The molecule has 1 aliphatic carbocycles. The van der Waals surface area contributed by atoms with Gasteiger partial charge in [0.15, 0.2) is 0 Å². The fourth-order valence-electron chi connectivity index (χ4n) is 2.66. The summed E-state index contributed by atoms with van der Waals surface area (Å²) in [6.07, 6.45) is 10.7. The van der Waals surface area contributed by atoms with E-state index >= 15 is 0 Å². The lowest BCUT2D eigenvalue weighted by molar-refractivity contribution is 0.326. The Morgan fingerprint density at radius 1 is 1.50 bits per heavy atom. The van der Waals surface area contributed by atoms with Gasteiger partial charge in [0, 0.05) is 25.2 Å². The van der Waals surface area contributed by atoms with Gasteiger partial charge in [0.25, 0.3) is 5.56 Å². The van der Waals surface area contributed by atoms with Gasteiger partial charge >= 0.3 is 0 Å². The average molecular weight is 337 g/mol. The lowest BCUT2D eigenvalue weighted by atomic mass is 10.2. The van der Waals surface area contributed by atoms with Crippen molar-refractivity contribution in [3.8, 4) is 12.3 Å². The molecule has 1 aromatic heterocycles. The molecule has 1 atom stereocenters. The van der Waals surface area contributed by atoms with Crippen LogP contribution in [-0.4, -0.2) is 39.9 Å². The van der Waals surface area contributed by atoms with E-state index in [1.807, 2.05) is 0 Å². The number of nitrogens with one attached hydrogen (secondary N) is 1. The van der Waals surface area contributed by atoms with Crippen molar-refractivity contribution in [1.29, 1.82) is 0 Å². The first kappa shape index (κ1) is 13.7. The maximum Gasteiger partial charge on any atom is 0.284 e. The van der Waals surface area contributed by atoms with Crippen molar-refractivity contribution in [1.82, 2.24) is 14.7 Å². The normalized spacial score (nSPS) is 22.7. The summed E-state index contributed by atoms with van der Waals surface area (Å²) >= 11 is 3.35. The number of hydrogen-bond acceptors (Lipinski definition) is 4. The summed E-state index contributed by atoms with van der Waals surface area (Å²) in [5.74, 6) is 2.42. The summed E-state index contributed by atoms with van der Waals surface area (Å²) in [5, 5.41) is 7.51. The van der Waals surface area contributed by atoms with Gasteiger partial charge < -0.3 is 5.32 Å². The maximum atomic E-state index is 12.0. The second-order valence-electron chi connectivity index (χ2n) is 5.40. The highest BCUT2D eigenvalue weighted by molar-refractivity contribution is 9.10. The zero-order chi connectivity index (χ0) is 14.1. The summed E-state index contributed by atoms with van der Waals surface area (Å²) in [6.45, 7) is 2.38. The highest BCUT2D eigenvalue weighted by Gasteiger charge is 2.34. The van der Waals surface area contributed by atoms with Crippen molar-refractivity contribution in [3.63, 3.8) is 0 Å². The van der Waals surface area contributed by atoms with Gasteiger partial charge in [-0.05, 0) is 35.2 Å². The van der Waals surface area contributed by atoms with Crippen molar-refractivity contribution < 1.29 is 0 Å². The summed E-state index contributed by atoms with van der Waals surface area (Å²) in [5.41, 5.74) is 0.566.